The van der Waals surface area contributed by atoms with E-state index < -0.39 is 30.6 Å². The van der Waals surface area contributed by atoms with Crippen molar-refractivity contribution in [2.45, 2.75) is 52.3 Å². The molecule has 2 aromatic carbocycles. The number of benzene rings is 2. The second kappa shape index (κ2) is 17.8. The monoisotopic (exact) mass is 678 g/mol. The Hall–Kier alpha value is -4.76. The summed E-state index contributed by atoms with van der Waals surface area (Å²) in [5.41, 5.74) is 14.3. The van der Waals surface area contributed by atoms with Crippen LogP contribution in [-0.4, -0.2) is 59.1 Å². The summed E-state index contributed by atoms with van der Waals surface area (Å²) in [6.07, 6.45) is -1.05. The van der Waals surface area contributed by atoms with Crippen molar-refractivity contribution in [2.24, 2.45) is 17.4 Å². The van der Waals surface area contributed by atoms with E-state index in [1.807, 2.05) is 26.0 Å². The molecule has 0 unspecified atom stereocenters. The molecule has 11 nitrogen and oxygen atoms in total. The number of carbonyl (C=O) groups is 5. The van der Waals surface area contributed by atoms with Crippen molar-refractivity contribution in [1.29, 1.82) is 0 Å². The molecule has 0 saturated carbocycles. The number of carboxylic acid groups (broad SMARTS) is 2. The minimum Gasteiger partial charge on any atom is -0.480 e. The predicted molar refractivity (Wildman–Crippen MR) is 170 cm³/mol. The van der Waals surface area contributed by atoms with Gasteiger partial charge in [0.1, 0.15) is 11.4 Å². The van der Waals surface area contributed by atoms with Crippen LogP contribution in [0.15, 0.2) is 54.6 Å². The van der Waals surface area contributed by atoms with Crippen molar-refractivity contribution in [2.75, 3.05) is 18.0 Å². The number of para-hydroxylation sites is 1. The average molecular weight is 679 g/mol. The summed E-state index contributed by atoms with van der Waals surface area (Å²) in [6.45, 7) is 4.62. The third-order valence-corrected chi connectivity index (χ3v) is 7.86. The molecule has 4 rings (SSSR count). The molecule has 1 aliphatic rings. The van der Waals surface area contributed by atoms with Gasteiger partial charge in [0.05, 0.1) is 5.56 Å². The number of nitrogens with two attached hydrogens (primary N) is 2. The number of aliphatic carboxylic acids is 2. The Labute approximate surface area is 273 Å². The van der Waals surface area contributed by atoms with Crippen LogP contribution in [0.3, 0.4) is 0 Å². The summed E-state index contributed by atoms with van der Waals surface area (Å²) in [4.78, 5) is 59.1. The highest BCUT2D eigenvalue weighted by Gasteiger charge is 2.38. The van der Waals surface area contributed by atoms with Gasteiger partial charge < -0.3 is 27.0 Å². The molecule has 7 N–H and O–H groups in total. The van der Waals surface area contributed by atoms with Crippen LogP contribution < -0.4 is 21.7 Å². The van der Waals surface area contributed by atoms with E-state index >= 15 is 0 Å². The normalized spacial score (nSPS) is 12.0. The maximum atomic E-state index is 12.6. The van der Waals surface area contributed by atoms with Gasteiger partial charge in [-0.05, 0) is 67.0 Å². The maximum absolute atomic E-state index is 12.6. The summed E-state index contributed by atoms with van der Waals surface area (Å²) in [5.74, 6) is -4.44. The molecule has 47 heavy (non-hydrogen) atoms. The molecule has 0 radical (unpaired) electrons. The Bertz CT molecular complexity index is 1560. The fourth-order valence-electron chi connectivity index (χ4n) is 4.38. The van der Waals surface area contributed by atoms with Crippen LogP contribution in [0, 0.1) is 5.92 Å². The average Bonchev–Trinajstić information content (AvgIpc) is 3.43. The molecule has 3 aromatic rings. The van der Waals surface area contributed by atoms with Crippen LogP contribution in [0.1, 0.15) is 73.1 Å². The number of nitrogens with one attached hydrogen (secondary N) is 1. The van der Waals surface area contributed by atoms with Crippen molar-refractivity contribution in [3.8, 4) is 0 Å². The summed E-state index contributed by atoms with van der Waals surface area (Å²) < 4.78 is 31.7. The maximum Gasteiger partial charge on any atom is 0.490 e. The molecule has 0 fully saturated rings. The number of carbonyl (C=O) groups excluding carboxylic acids is 3. The lowest BCUT2D eigenvalue weighted by molar-refractivity contribution is -0.192. The Kier molecular flexibility index (Phi) is 14.6. The Morgan fingerprint density at radius 3 is 2.13 bits per heavy atom. The number of primary amides is 1. The van der Waals surface area contributed by atoms with Gasteiger partial charge in [-0.2, -0.15) is 13.2 Å². The molecular weight excluding hydrogens is 641 g/mol. The molecule has 1 aliphatic carbocycles. The molecule has 0 aliphatic heterocycles. The van der Waals surface area contributed by atoms with E-state index in [4.69, 9.17) is 26.5 Å². The van der Waals surface area contributed by atoms with Gasteiger partial charge in [-0.25, -0.2) is 4.79 Å². The number of hydrogen-bond acceptors (Lipinski definition) is 7. The molecule has 15 heteroatoms. The van der Waals surface area contributed by atoms with Crippen molar-refractivity contribution in [3.05, 3.63) is 86.6 Å². The van der Waals surface area contributed by atoms with Crippen LogP contribution in [0.25, 0.3) is 0 Å². The van der Waals surface area contributed by atoms with Crippen molar-refractivity contribution >= 4 is 46.7 Å². The van der Waals surface area contributed by atoms with E-state index in [-0.39, 0.29) is 11.8 Å². The standard InChI is InChI=1S/C16H16N2O3.C14H20N2O2S.C2HF3O2/c17-10-12-5-4-6-13(9-12)16(21)18(11-15(19)20)14-7-2-1-3-8-14;1-8(2)7-16-14(18)11-9-5-3-4-6-10(9)19-12(11)13(15)17;3-2(4,5)1(6)7/h1-9H,10-11,17H2,(H,19,20);8H,3-7H2,1-2H3,(H2,15,17)(H,16,18);(H,6,7). The fraction of sp³-hybridized carbons (Fsp3) is 0.344. The Morgan fingerprint density at radius 1 is 0.979 bits per heavy atom. The molecule has 3 amide bonds. The lowest BCUT2D eigenvalue weighted by atomic mass is 9.94. The number of aryl methyl sites for hydroxylation is 1. The third-order valence-electron chi connectivity index (χ3n) is 6.55. The van der Waals surface area contributed by atoms with Crippen LogP contribution >= 0.6 is 11.3 Å². The molecule has 0 bridgehead atoms. The minimum atomic E-state index is -5.08. The summed E-state index contributed by atoms with van der Waals surface area (Å²) in [6, 6.07) is 15.6. The topological polar surface area (TPSA) is 193 Å². The van der Waals surface area contributed by atoms with E-state index in [9.17, 15) is 32.3 Å². The molecule has 0 saturated heterocycles. The lowest BCUT2D eigenvalue weighted by Gasteiger charge is -2.21. The number of nitrogens with zero attached hydrogens (tertiary/aromatic N) is 1. The Balaban J connectivity index is 0.000000274. The first kappa shape index (κ1) is 38.4. The zero-order chi connectivity index (χ0) is 35.3. The van der Waals surface area contributed by atoms with Crippen LogP contribution in [0.4, 0.5) is 18.9 Å². The molecule has 0 atom stereocenters. The highest BCUT2D eigenvalue weighted by molar-refractivity contribution is 7.14. The van der Waals surface area contributed by atoms with Crippen molar-refractivity contribution < 1.29 is 47.4 Å². The van der Waals surface area contributed by atoms with Crippen LogP contribution in [-0.2, 0) is 29.0 Å². The Morgan fingerprint density at radius 2 is 1.60 bits per heavy atom. The molecule has 0 spiro atoms. The number of carboxylic acids is 2. The van der Waals surface area contributed by atoms with E-state index in [0.717, 1.165) is 41.7 Å². The number of hydrogen-bond donors (Lipinski definition) is 5. The fourth-order valence-corrected chi connectivity index (χ4v) is 5.61. The SMILES string of the molecule is CC(C)CNC(=O)c1c(C(N)=O)sc2c1CCCC2.NCc1cccc(C(=O)N(CC(=O)O)c2ccccc2)c1.O=C(O)C(F)(F)F. The first-order valence-corrected chi connectivity index (χ1v) is 15.3. The largest absolute Gasteiger partial charge is 0.490 e. The number of amides is 3. The van der Waals surface area contributed by atoms with Crippen LogP contribution in [0.2, 0.25) is 0 Å². The lowest BCUT2D eigenvalue weighted by Crippen LogP contribution is -2.35. The number of fused-ring (bicyclic) bond motifs is 1. The van der Waals surface area contributed by atoms with Gasteiger partial charge in [0.2, 0.25) is 0 Å². The van der Waals surface area contributed by atoms with Gasteiger partial charge in [-0.1, -0.05) is 44.2 Å². The summed E-state index contributed by atoms with van der Waals surface area (Å²) in [7, 11) is 0. The van der Waals surface area contributed by atoms with Gasteiger partial charge in [0.15, 0.2) is 0 Å². The highest BCUT2D eigenvalue weighted by Crippen LogP contribution is 2.34. The molecule has 1 aromatic heterocycles. The van der Waals surface area contributed by atoms with Gasteiger partial charge >= 0.3 is 18.1 Å². The first-order chi connectivity index (χ1) is 22.1. The molecule has 254 valence electrons. The van der Waals surface area contributed by atoms with Crippen LogP contribution in [0.5, 0.6) is 0 Å². The second-order valence-electron chi connectivity index (χ2n) is 10.7. The minimum absolute atomic E-state index is 0.151. The zero-order valence-electron chi connectivity index (χ0n) is 25.8. The van der Waals surface area contributed by atoms with E-state index in [1.54, 1.807) is 42.5 Å². The first-order valence-electron chi connectivity index (χ1n) is 14.5. The third kappa shape index (κ3) is 11.8. The van der Waals surface area contributed by atoms with Gasteiger partial charge in [0, 0.05) is 29.2 Å². The zero-order valence-corrected chi connectivity index (χ0v) is 26.6. The molecular formula is C32H37F3N4O7S. The van der Waals surface area contributed by atoms with E-state index in [1.165, 1.54) is 16.2 Å². The number of halogens is 3. The second-order valence-corrected chi connectivity index (χ2v) is 11.8. The van der Waals surface area contributed by atoms with E-state index in [2.05, 4.69) is 5.32 Å². The number of rotatable bonds is 9. The van der Waals surface area contributed by atoms with Crippen molar-refractivity contribution in [3.63, 3.8) is 0 Å². The number of alkyl halides is 3. The van der Waals surface area contributed by atoms with Gasteiger partial charge in [-0.3, -0.25) is 24.1 Å². The number of anilines is 1. The summed E-state index contributed by atoms with van der Waals surface area (Å²) >= 11 is 1.40. The molecule has 1 heterocycles. The van der Waals surface area contributed by atoms with Gasteiger partial charge in [0.25, 0.3) is 17.7 Å². The van der Waals surface area contributed by atoms with Gasteiger partial charge in [-0.15, -0.1) is 11.3 Å². The van der Waals surface area contributed by atoms with Crippen molar-refractivity contribution in [1.82, 2.24) is 5.32 Å². The summed E-state index contributed by atoms with van der Waals surface area (Å²) in [5, 5.41) is 19.0. The quantitative estimate of drug-likeness (QED) is 0.216. The smallest absolute Gasteiger partial charge is 0.480 e. The van der Waals surface area contributed by atoms with E-state index in [0.29, 0.717) is 40.7 Å². The predicted octanol–water partition coefficient (Wildman–Crippen LogP) is 4.62. The highest BCUT2D eigenvalue weighted by atomic mass is 32.1. The number of thiophene rings is 1.